The molecule has 4 heterocycles. The zero-order valence-corrected chi connectivity index (χ0v) is 19.1. The Morgan fingerprint density at radius 3 is 2.44 bits per heavy atom. The summed E-state index contributed by atoms with van der Waals surface area (Å²) in [7, 11) is -3.06. The fourth-order valence-corrected chi connectivity index (χ4v) is 4.93. The summed E-state index contributed by atoms with van der Waals surface area (Å²) >= 11 is 0. The summed E-state index contributed by atoms with van der Waals surface area (Å²) < 4.78 is 25.4. The summed E-state index contributed by atoms with van der Waals surface area (Å²) in [5.41, 5.74) is 1.96. The van der Waals surface area contributed by atoms with Crippen molar-refractivity contribution in [2.75, 3.05) is 29.9 Å². The van der Waals surface area contributed by atoms with Gasteiger partial charge < -0.3 is 14.8 Å². The Hall–Kier alpha value is -3.15. The van der Waals surface area contributed by atoms with Gasteiger partial charge >= 0.3 is 0 Å². The molecule has 0 bridgehead atoms. The van der Waals surface area contributed by atoms with Crippen molar-refractivity contribution in [1.29, 1.82) is 0 Å². The zero-order valence-electron chi connectivity index (χ0n) is 18.3. The molecule has 0 aliphatic carbocycles. The summed E-state index contributed by atoms with van der Waals surface area (Å²) in [4.78, 5) is 36.7. The summed E-state index contributed by atoms with van der Waals surface area (Å²) in [6.07, 6.45) is 5.40. The van der Waals surface area contributed by atoms with E-state index in [0.29, 0.717) is 41.6 Å². The van der Waals surface area contributed by atoms with E-state index in [-0.39, 0.29) is 30.5 Å². The first kappa shape index (κ1) is 22.1. The number of imidazole rings is 1. The minimum absolute atomic E-state index is 0.00415. The molecule has 1 aliphatic heterocycles. The number of hydrogen-bond donors (Lipinski definition) is 1. The Labute approximate surface area is 186 Å². The summed E-state index contributed by atoms with van der Waals surface area (Å²) in [6.45, 7) is 6.77. The number of aromatic nitrogens is 6. The van der Waals surface area contributed by atoms with Gasteiger partial charge in [0.15, 0.2) is 26.8 Å². The van der Waals surface area contributed by atoms with Crippen molar-refractivity contribution in [3.05, 3.63) is 24.5 Å². The molecule has 1 fully saturated rings. The van der Waals surface area contributed by atoms with Crippen LogP contribution >= 0.6 is 0 Å². The molecule has 0 unspecified atom stereocenters. The van der Waals surface area contributed by atoms with Crippen molar-refractivity contribution >= 4 is 32.7 Å². The second-order valence-electron chi connectivity index (χ2n) is 7.68. The molecule has 4 rings (SSSR count). The van der Waals surface area contributed by atoms with Crippen molar-refractivity contribution in [1.82, 2.24) is 34.4 Å². The van der Waals surface area contributed by atoms with Crippen LogP contribution in [0, 0.1) is 6.92 Å². The number of sulfone groups is 1. The Morgan fingerprint density at radius 2 is 1.81 bits per heavy atom. The highest BCUT2D eigenvalue weighted by Crippen LogP contribution is 2.27. The van der Waals surface area contributed by atoms with E-state index >= 15 is 0 Å². The lowest BCUT2D eigenvalue weighted by Gasteiger charge is -2.30. The molecule has 3 aromatic heterocycles. The molecule has 0 saturated carbocycles. The average molecular weight is 459 g/mol. The van der Waals surface area contributed by atoms with Crippen LogP contribution < -0.4 is 5.32 Å². The summed E-state index contributed by atoms with van der Waals surface area (Å²) in [6, 6.07) is -0.549. The van der Waals surface area contributed by atoms with E-state index in [1.165, 1.54) is 6.33 Å². The van der Waals surface area contributed by atoms with Crippen LogP contribution in [-0.4, -0.2) is 79.3 Å². The number of nitrogens with zero attached hydrogens (tertiary/aromatic N) is 7. The van der Waals surface area contributed by atoms with Crippen LogP contribution in [0.2, 0.25) is 0 Å². The Bertz CT molecular complexity index is 1230. The van der Waals surface area contributed by atoms with E-state index in [2.05, 4.69) is 25.3 Å². The second kappa shape index (κ2) is 8.77. The highest BCUT2D eigenvalue weighted by atomic mass is 32.2. The van der Waals surface area contributed by atoms with Crippen LogP contribution in [0.3, 0.4) is 0 Å². The monoisotopic (exact) mass is 458 g/mol. The highest BCUT2D eigenvalue weighted by molar-refractivity contribution is 7.91. The van der Waals surface area contributed by atoms with Gasteiger partial charge in [0.2, 0.25) is 5.91 Å². The third-order valence-corrected chi connectivity index (χ3v) is 7.17. The summed E-state index contributed by atoms with van der Waals surface area (Å²) in [5, 5.41) is 3.22. The Kier molecular flexibility index (Phi) is 6.04. The van der Waals surface area contributed by atoms with E-state index in [9.17, 15) is 13.2 Å². The number of amides is 1. The van der Waals surface area contributed by atoms with E-state index in [1.54, 1.807) is 17.3 Å². The number of carbonyl (C=O) groups excluding carboxylic acids is 1. The molecule has 0 spiro atoms. The van der Waals surface area contributed by atoms with Crippen LogP contribution in [0.1, 0.15) is 26.1 Å². The molecule has 11 nitrogen and oxygen atoms in total. The predicted octanol–water partition coefficient (Wildman–Crippen LogP) is 1.06. The van der Waals surface area contributed by atoms with Crippen LogP contribution in [0.25, 0.3) is 22.6 Å². The number of fused-ring (bicyclic) bond motifs is 1. The van der Waals surface area contributed by atoms with Crippen LogP contribution in [0.15, 0.2) is 18.7 Å². The first-order chi connectivity index (χ1) is 15.3. The lowest BCUT2D eigenvalue weighted by atomic mass is 10.2. The van der Waals surface area contributed by atoms with Crippen LogP contribution in [-0.2, 0) is 21.2 Å². The van der Waals surface area contributed by atoms with Crippen molar-refractivity contribution in [3.63, 3.8) is 0 Å². The number of aryl methyl sites for hydroxylation is 2. The van der Waals surface area contributed by atoms with Gasteiger partial charge in [-0.05, 0) is 20.3 Å². The molecule has 0 radical (unpaired) electrons. The van der Waals surface area contributed by atoms with Gasteiger partial charge in [0, 0.05) is 32.0 Å². The lowest BCUT2D eigenvalue weighted by Crippen LogP contribution is -2.49. The van der Waals surface area contributed by atoms with Gasteiger partial charge in [-0.25, -0.2) is 33.3 Å². The van der Waals surface area contributed by atoms with Crippen molar-refractivity contribution in [2.45, 2.75) is 39.8 Å². The Morgan fingerprint density at radius 1 is 1.12 bits per heavy atom. The quantitative estimate of drug-likeness (QED) is 0.575. The fourth-order valence-electron chi connectivity index (χ4n) is 3.73. The van der Waals surface area contributed by atoms with Gasteiger partial charge in [-0.3, -0.25) is 4.79 Å². The van der Waals surface area contributed by atoms with Crippen molar-refractivity contribution < 1.29 is 13.2 Å². The van der Waals surface area contributed by atoms with Gasteiger partial charge in [0.25, 0.3) is 0 Å². The molecule has 32 heavy (non-hydrogen) atoms. The maximum atomic E-state index is 13.0. The zero-order chi connectivity index (χ0) is 22.9. The molecule has 1 amide bonds. The number of anilines is 1. The molecule has 170 valence electrons. The molecule has 1 atom stereocenters. The first-order valence-corrected chi connectivity index (χ1v) is 12.4. The van der Waals surface area contributed by atoms with E-state index in [0.717, 1.165) is 5.56 Å². The van der Waals surface area contributed by atoms with Crippen LogP contribution in [0.4, 0.5) is 5.82 Å². The molecule has 1 saturated heterocycles. The topological polar surface area (TPSA) is 136 Å². The minimum Gasteiger partial charge on any atom is -0.356 e. The second-order valence-corrected chi connectivity index (χ2v) is 9.98. The fraction of sp³-hybridized carbons (Fsp3) is 0.500. The number of nitrogens with one attached hydrogen (secondary N) is 1. The minimum atomic E-state index is -3.06. The van der Waals surface area contributed by atoms with E-state index < -0.39 is 15.9 Å². The van der Waals surface area contributed by atoms with Gasteiger partial charge in [0.1, 0.15) is 24.0 Å². The largest absolute Gasteiger partial charge is 0.356 e. The van der Waals surface area contributed by atoms with Gasteiger partial charge in [0.05, 0.1) is 17.1 Å². The summed E-state index contributed by atoms with van der Waals surface area (Å²) in [5.74, 6) is 1.65. The van der Waals surface area contributed by atoms with E-state index in [1.807, 2.05) is 25.3 Å². The maximum Gasteiger partial charge on any atom is 0.245 e. The first-order valence-electron chi connectivity index (χ1n) is 10.6. The highest BCUT2D eigenvalue weighted by Gasteiger charge is 2.30. The molecular weight excluding hydrogens is 432 g/mol. The van der Waals surface area contributed by atoms with Gasteiger partial charge in [-0.1, -0.05) is 6.92 Å². The number of hydrogen-bond acceptors (Lipinski definition) is 9. The number of carbonyl (C=O) groups is 1. The third kappa shape index (κ3) is 4.27. The lowest BCUT2D eigenvalue weighted by molar-refractivity contribution is -0.131. The molecular formula is C20H26N8O3S. The van der Waals surface area contributed by atoms with Gasteiger partial charge in [-0.2, -0.15) is 0 Å². The normalized spacial score (nSPS) is 16.8. The predicted molar refractivity (Wildman–Crippen MR) is 120 cm³/mol. The molecule has 1 aliphatic rings. The van der Waals surface area contributed by atoms with Gasteiger partial charge in [-0.15, -0.1) is 0 Å². The maximum absolute atomic E-state index is 13.0. The Balaban J connectivity index is 1.65. The molecule has 1 N–H and O–H groups in total. The average Bonchev–Trinajstić information content (AvgIpc) is 3.17. The molecule has 0 aromatic carbocycles. The van der Waals surface area contributed by atoms with Crippen molar-refractivity contribution in [3.8, 4) is 11.4 Å². The SMILES string of the molecule is CC[C@@H](Nc1ncnc2c1nc(-c1cnc(C)nc1)n2CC)C(=O)N1CCS(=O)(=O)CC1. The standard InChI is InChI=1S/C20H26N8O3S/c1-4-15(20(29)27-6-8-32(30,31)9-7-27)25-17-16-19(24-12-23-17)28(5-2)18(26-16)14-10-21-13(3)22-11-14/h10-12,15H,4-9H2,1-3H3,(H,23,24,25)/t15-/m1/s1. The van der Waals surface area contributed by atoms with E-state index in [4.69, 9.17) is 4.98 Å². The third-order valence-electron chi connectivity index (χ3n) is 5.56. The molecule has 3 aromatic rings. The van der Waals surface area contributed by atoms with Crippen molar-refractivity contribution in [2.24, 2.45) is 0 Å². The molecule has 12 heteroatoms. The van der Waals surface area contributed by atoms with Crippen LogP contribution in [0.5, 0.6) is 0 Å². The number of rotatable bonds is 6. The smallest absolute Gasteiger partial charge is 0.245 e.